The summed E-state index contributed by atoms with van der Waals surface area (Å²) in [6.45, 7) is 0.352. The van der Waals surface area contributed by atoms with Gasteiger partial charge in [0.25, 0.3) is 10.1 Å². The third kappa shape index (κ3) is 2.22. The molecule has 5 heteroatoms. The molecule has 1 aliphatic carbocycles. The Bertz CT molecular complexity index is 345. The molecule has 0 spiro atoms. The van der Waals surface area contributed by atoms with E-state index in [1.54, 1.807) is 31.2 Å². The van der Waals surface area contributed by atoms with Crippen LogP contribution in [0.3, 0.4) is 0 Å². The molecule has 1 aliphatic rings. The largest absolute Gasteiger partial charge is 0.276 e. The summed E-state index contributed by atoms with van der Waals surface area (Å²) in [5, 5.41) is 0. The number of alkyl halides is 1. The van der Waals surface area contributed by atoms with Crippen molar-refractivity contribution in [3.63, 3.8) is 0 Å². The quantitative estimate of drug-likeness (QED) is 0.675. The molecule has 0 fully saturated rings. The summed E-state index contributed by atoms with van der Waals surface area (Å²) < 4.78 is 38.5. The van der Waals surface area contributed by atoms with Crippen LogP contribution in [-0.2, 0) is 14.3 Å². The van der Waals surface area contributed by atoms with Crippen molar-refractivity contribution in [2.24, 2.45) is 0 Å². The summed E-state index contributed by atoms with van der Waals surface area (Å²) in [6, 6.07) is 0. The summed E-state index contributed by atoms with van der Waals surface area (Å²) in [6.07, 6.45) is 7.08. The Kier molecular flexibility index (Phi) is 3.44. The van der Waals surface area contributed by atoms with Crippen molar-refractivity contribution in [1.82, 2.24) is 0 Å². The van der Waals surface area contributed by atoms with Crippen molar-refractivity contribution in [1.29, 1.82) is 0 Å². The second-order valence-electron chi connectivity index (χ2n) is 3.27. The van der Waals surface area contributed by atoms with Crippen molar-refractivity contribution in [3.05, 3.63) is 24.3 Å². The molecule has 0 saturated heterocycles. The molecule has 1 unspecified atom stereocenters. The molecular weight excluding hydrogens is 207 g/mol. The third-order valence-electron chi connectivity index (χ3n) is 2.11. The zero-order chi connectivity index (χ0) is 10.7. The lowest BCUT2D eigenvalue weighted by atomic mass is 10.0. The number of hydrogen-bond acceptors (Lipinski definition) is 3. The van der Waals surface area contributed by atoms with Gasteiger partial charge in [-0.25, -0.2) is 4.39 Å². The van der Waals surface area contributed by atoms with Gasteiger partial charge in [0.2, 0.25) is 0 Å². The molecule has 0 saturated carbocycles. The van der Waals surface area contributed by atoms with Gasteiger partial charge >= 0.3 is 0 Å². The van der Waals surface area contributed by atoms with Crippen LogP contribution in [0.4, 0.5) is 4.39 Å². The van der Waals surface area contributed by atoms with Crippen LogP contribution >= 0.6 is 0 Å². The minimum atomic E-state index is -3.72. The molecule has 0 aromatic heterocycles. The number of rotatable bonds is 4. The van der Waals surface area contributed by atoms with Crippen LogP contribution in [0.15, 0.2) is 24.3 Å². The first-order valence-corrected chi connectivity index (χ1v) is 5.72. The summed E-state index contributed by atoms with van der Waals surface area (Å²) in [4.78, 5) is 0. The van der Waals surface area contributed by atoms with Gasteiger partial charge in [-0.15, -0.1) is 0 Å². The van der Waals surface area contributed by atoms with Gasteiger partial charge in [-0.2, -0.15) is 8.42 Å². The zero-order valence-electron chi connectivity index (χ0n) is 7.94. The molecule has 0 aromatic carbocycles. The maximum atomic E-state index is 11.8. The van der Waals surface area contributed by atoms with Crippen molar-refractivity contribution < 1.29 is 17.0 Å². The van der Waals surface area contributed by atoms with Crippen LogP contribution in [-0.4, -0.2) is 26.4 Å². The molecule has 1 rings (SSSR count). The van der Waals surface area contributed by atoms with Crippen LogP contribution in [0.5, 0.6) is 0 Å². The minimum absolute atomic E-state index is 0.359. The van der Waals surface area contributed by atoms with E-state index < -0.39 is 28.1 Å². The highest BCUT2D eigenvalue weighted by Gasteiger charge is 2.37. The normalized spacial score (nSPS) is 26.7. The Labute approximate surface area is 83.4 Å². The van der Waals surface area contributed by atoms with E-state index in [2.05, 4.69) is 4.18 Å². The zero-order valence-corrected chi connectivity index (χ0v) is 8.76. The summed E-state index contributed by atoms with van der Waals surface area (Å²) in [5.41, 5.74) is 0. The molecule has 0 radical (unpaired) electrons. The van der Waals surface area contributed by atoms with E-state index in [0.29, 0.717) is 6.42 Å². The van der Waals surface area contributed by atoms with Gasteiger partial charge in [0.15, 0.2) is 0 Å². The molecule has 3 nitrogen and oxygen atoms in total. The third-order valence-corrected chi connectivity index (χ3v) is 4.03. The monoisotopic (exact) mass is 220 g/mol. The SMILES string of the molecule is CC1(S(=O)(=O)OCCF)C=CC=CC1. The fourth-order valence-electron chi connectivity index (χ4n) is 1.17. The lowest BCUT2D eigenvalue weighted by Gasteiger charge is -2.25. The van der Waals surface area contributed by atoms with E-state index >= 15 is 0 Å². The standard InChI is InChI=1S/C9H13FO3S/c1-9(5-3-2-4-6-9)14(11,12)13-8-7-10/h2-5H,6-8H2,1H3. The van der Waals surface area contributed by atoms with Gasteiger partial charge < -0.3 is 0 Å². The topological polar surface area (TPSA) is 43.4 Å². The first-order valence-electron chi connectivity index (χ1n) is 4.31. The van der Waals surface area contributed by atoms with Crippen LogP contribution < -0.4 is 0 Å². The maximum Gasteiger partial charge on any atom is 0.276 e. The van der Waals surface area contributed by atoms with E-state index in [9.17, 15) is 12.8 Å². The molecule has 0 bridgehead atoms. The smallest absolute Gasteiger partial charge is 0.267 e. The van der Waals surface area contributed by atoms with Crippen LogP contribution in [0.2, 0.25) is 0 Å². The molecule has 0 aliphatic heterocycles. The Morgan fingerprint density at radius 1 is 1.50 bits per heavy atom. The fourth-order valence-corrected chi connectivity index (χ4v) is 2.27. The first kappa shape index (κ1) is 11.4. The van der Waals surface area contributed by atoms with Gasteiger partial charge in [0, 0.05) is 0 Å². The minimum Gasteiger partial charge on any atom is -0.267 e. The Hall–Kier alpha value is -0.680. The summed E-state index contributed by atoms with van der Waals surface area (Å²) >= 11 is 0. The second kappa shape index (κ2) is 4.23. The Morgan fingerprint density at radius 2 is 2.21 bits per heavy atom. The van der Waals surface area contributed by atoms with Crippen LogP contribution in [0.1, 0.15) is 13.3 Å². The first-order chi connectivity index (χ1) is 6.52. The summed E-state index contributed by atoms with van der Waals surface area (Å²) in [5.74, 6) is 0. The molecule has 0 aromatic rings. The summed E-state index contributed by atoms with van der Waals surface area (Å²) in [7, 11) is -3.72. The highest BCUT2D eigenvalue weighted by Crippen LogP contribution is 2.27. The van der Waals surface area contributed by atoms with Crippen molar-refractivity contribution in [2.45, 2.75) is 18.1 Å². The average Bonchev–Trinajstić information content (AvgIpc) is 2.16. The van der Waals surface area contributed by atoms with Crippen LogP contribution in [0, 0.1) is 0 Å². The molecule has 0 heterocycles. The molecule has 0 N–H and O–H groups in total. The fraction of sp³-hybridized carbons (Fsp3) is 0.556. The molecule has 80 valence electrons. The van der Waals surface area contributed by atoms with Crippen molar-refractivity contribution in [2.75, 3.05) is 13.3 Å². The van der Waals surface area contributed by atoms with Gasteiger partial charge in [-0.05, 0) is 13.3 Å². The highest BCUT2D eigenvalue weighted by molar-refractivity contribution is 7.88. The molecule has 14 heavy (non-hydrogen) atoms. The van der Waals surface area contributed by atoms with Gasteiger partial charge in [-0.1, -0.05) is 24.3 Å². The number of halogens is 1. The van der Waals surface area contributed by atoms with E-state index in [1.807, 2.05) is 0 Å². The van der Waals surface area contributed by atoms with E-state index in [4.69, 9.17) is 0 Å². The maximum absolute atomic E-state index is 11.8. The van der Waals surface area contributed by atoms with Crippen LogP contribution in [0.25, 0.3) is 0 Å². The van der Waals surface area contributed by atoms with E-state index in [-0.39, 0.29) is 0 Å². The molecular formula is C9H13FO3S. The molecule has 1 atom stereocenters. The second-order valence-corrected chi connectivity index (χ2v) is 5.35. The highest BCUT2D eigenvalue weighted by atomic mass is 32.2. The Morgan fingerprint density at radius 3 is 2.71 bits per heavy atom. The molecule has 0 amide bonds. The van der Waals surface area contributed by atoms with E-state index in [1.165, 1.54) is 0 Å². The van der Waals surface area contributed by atoms with Crippen molar-refractivity contribution in [3.8, 4) is 0 Å². The lowest BCUT2D eigenvalue weighted by Crippen LogP contribution is -2.35. The predicted octanol–water partition coefficient (Wildman–Crippen LogP) is 1.58. The van der Waals surface area contributed by atoms with Gasteiger partial charge in [0.05, 0.1) is 6.61 Å². The van der Waals surface area contributed by atoms with Gasteiger partial charge in [0.1, 0.15) is 11.4 Å². The predicted molar refractivity (Wildman–Crippen MR) is 52.1 cm³/mol. The van der Waals surface area contributed by atoms with Gasteiger partial charge in [-0.3, -0.25) is 4.18 Å². The average molecular weight is 220 g/mol. The van der Waals surface area contributed by atoms with Crippen molar-refractivity contribution >= 4 is 10.1 Å². The number of allylic oxidation sites excluding steroid dienone is 3. The number of hydrogen-bond donors (Lipinski definition) is 0. The lowest BCUT2D eigenvalue weighted by molar-refractivity contribution is 0.268. The Balaban J connectivity index is 2.81. The van der Waals surface area contributed by atoms with E-state index in [0.717, 1.165) is 0 Å².